The molecule has 0 aliphatic heterocycles. The summed E-state index contributed by atoms with van der Waals surface area (Å²) in [6.45, 7) is 4.20. The molecule has 1 N–H and O–H groups in total. The molecule has 1 aromatic carbocycles. The van der Waals surface area contributed by atoms with E-state index in [1.165, 1.54) is 0 Å². The maximum Gasteiger partial charge on any atom is 0.311 e. The molecule has 0 aliphatic carbocycles. The highest BCUT2D eigenvalue weighted by Crippen LogP contribution is 2.27. The maximum atomic E-state index is 11.9. The minimum absolute atomic E-state index is 0.107. The second-order valence-electron chi connectivity index (χ2n) is 4.99. The quantitative estimate of drug-likeness (QED) is 0.798. The van der Waals surface area contributed by atoms with E-state index in [4.69, 9.17) is 9.47 Å². The third-order valence-electron chi connectivity index (χ3n) is 3.42. The third-order valence-corrected chi connectivity index (χ3v) is 3.42. The SMILES string of the molecule is CCOC(=O)Cc1[nH]cc(-c2ccccc2)c1CC(=O)OCC. The molecule has 2 aromatic rings. The Bertz CT molecular complexity index is 661. The fraction of sp³-hybridized carbons (Fsp3) is 0.333. The van der Waals surface area contributed by atoms with Crippen LogP contribution in [0.1, 0.15) is 25.1 Å². The normalized spacial score (nSPS) is 10.3. The molecule has 0 fully saturated rings. The molecule has 0 unspecified atom stereocenters. The summed E-state index contributed by atoms with van der Waals surface area (Å²) in [5, 5.41) is 0. The van der Waals surface area contributed by atoms with Gasteiger partial charge in [0, 0.05) is 17.5 Å². The van der Waals surface area contributed by atoms with Gasteiger partial charge in [0.25, 0.3) is 0 Å². The number of aromatic amines is 1. The van der Waals surface area contributed by atoms with Crippen molar-refractivity contribution < 1.29 is 19.1 Å². The van der Waals surface area contributed by atoms with E-state index >= 15 is 0 Å². The van der Waals surface area contributed by atoms with Crippen LogP contribution in [0.2, 0.25) is 0 Å². The van der Waals surface area contributed by atoms with Crippen LogP contribution in [-0.4, -0.2) is 30.1 Å². The number of hydrogen-bond donors (Lipinski definition) is 1. The van der Waals surface area contributed by atoms with Crippen molar-refractivity contribution in [2.24, 2.45) is 0 Å². The third kappa shape index (κ3) is 4.45. The summed E-state index contributed by atoms with van der Waals surface area (Å²) >= 11 is 0. The highest BCUT2D eigenvalue weighted by molar-refractivity contribution is 5.81. The molecule has 1 heterocycles. The van der Waals surface area contributed by atoms with Gasteiger partial charge in [-0.3, -0.25) is 9.59 Å². The van der Waals surface area contributed by atoms with Crippen LogP contribution in [0, 0.1) is 0 Å². The predicted molar refractivity (Wildman–Crippen MR) is 86.9 cm³/mol. The fourth-order valence-electron chi connectivity index (χ4n) is 2.44. The van der Waals surface area contributed by atoms with Gasteiger partial charge in [-0.2, -0.15) is 0 Å². The number of carbonyl (C=O) groups excluding carboxylic acids is 2. The molecule has 1 aromatic heterocycles. The highest BCUT2D eigenvalue weighted by Gasteiger charge is 2.19. The Hall–Kier alpha value is -2.56. The topological polar surface area (TPSA) is 68.4 Å². The molecule has 5 heteroatoms. The van der Waals surface area contributed by atoms with Gasteiger partial charge < -0.3 is 14.5 Å². The minimum Gasteiger partial charge on any atom is -0.466 e. The number of carbonyl (C=O) groups is 2. The van der Waals surface area contributed by atoms with Crippen LogP contribution < -0.4 is 0 Å². The lowest BCUT2D eigenvalue weighted by Crippen LogP contribution is -2.13. The van der Waals surface area contributed by atoms with Crippen molar-refractivity contribution in [3.8, 4) is 11.1 Å². The Labute approximate surface area is 135 Å². The zero-order valence-corrected chi connectivity index (χ0v) is 13.4. The van der Waals surface area contributed by atoms with Gasteiger partial charge >= 0.3 is 11.9 Å². The van der Waals surface area contributed by atoms with E-state index in [-0.39, 0.29) is 24.8 Å². The van der Waals surface area contributed by atoms with Crippen LogP contribution >= 0.6 is 0 Å². The number of esters is 2. The van der Waals surface area contributed by atoms with E-state index in [9.17, 15) is 9.59 Å². The van der Waals surface area contributed by atoms with E-state index in [1.807, 2.05) is 36.5 Å². The molecule has 0 radical (unpaired) electrons. The molecular formula is C18H21NO4. The summed E-state index contributed by atoms with van der Waals surface area (Å²) in [5.74, 6) is -0.631. The zero-order valence-electron chi connectivity index (χ0n) is 13.4. The van der Waals surface area contributed by atoms with Crippen LogP contribution in [0.5, 0.6) is 0 Å². The molecule has 23 heavy (non-hydrogen) atoms. The average Bonchev–Trinajstić information content (AvgIpc) is 2.91. The molecule has 0 saturated carbocycles. The van der Waals surface area contributed by atoms with Gasteiger partial charge in [-0.1, -0.05) is 30.3 Å². The van der Waals surface area contributed by atoms with Crippen molar-refractivity contribution >= 4 is 11.9 Å². The molecule has 0 amide bonds. The average molecular weight is 315 g/mol. The van der Waals surface area contributed by atoms with Gasteiger partial charge in [0.05, 0.1) is 26.1 Å². The van der Waals surface area contributed by atoms with Gasteiger partial charge in [-0.25, -0.2) is 0 Å². The van der Waals surface area contributed by atoms with Crippen LogP contribution in [-0.2, 0) is 31.9 Å². The van der Waals surface area contributed by atoms with Gasteiger partial charge in [0.1, 0.15) is 0 Å². The number of nitrogens with one attached hydrogen (secondary N) is 1. The lowest BCUT2D eigenvalue weighted by molar-refractivity contribution is -0.143. The molecule has 0 atom stereocenters. The van der Waals surface area contributed by atoms with Crippen molar-refractivity contribution in [3.05, 3.63) is 47.8 Å². The Morgan fingerprint density at radius 1 is 0.957 bits per heavy atom. The van der Waals surface area contributed by atoms with Crippen LogP contribution in [0.3, 0.4) is 0 Å². The van der Waals surface area contributed by atoms with Gasteiger partial charge in [-0.15, -0.1) is 0 Å². The fourth-order valence-corrected chi connectivity index (χ4v) is 2.44. The van der Waals surface area contributed by atoms with Crippen molar-refractivity contribution in [2.75, 3.05) is 13.2 Å². The maximum absolute atomic E-state index is 11.9. The van der Waals surface area contributed by atoms with Crippen molar-refractivity contribution in [1.29, 1.82) is 0 Å². The van der Waals surface area contributed by atoms with Gasteiger partial charge in [0.2, 0.25) is 0 Å². The highest BCUT2D eigenvalue weighted by atomic mass is 16.5. The number of H-pyrrole nitrogens is 1. The van der Waals surface area contributed by atoms with Crippen molar-refractivity contribution in [3.63, 3.8) is 0 Å². The molecule has 0 saturated heterocycles. The first-order chi connectivity index (χ1) is 11.2. The van der Waals surface area contributed by atoms with Gasteiger partial charge in [-0.05, 0) is 25.0 Å². The van der Waals surface area contributed by atoms with Crippen LogP contribution in [0.25, 0.3) is 11.1 Å². The summed E-state index contributed by atoms with van der Waals surface area (Å²) in [5.41, 5.74) is 3.36. The molecule has 2 rings (SSSR count). The van der Waals surface area contributed by atoms with E-state index in [0.717, 1.165) is 16.7 Å². The Kier molecular flexibility index (Phi) is 5.97. The Morgan fingerprint density at radius 2 is 1.57 bits per heavy atom. The Morgan fingerprint density at radius 3 is 2.17 bits per heavy atom. The van der Waals surface area contributed by atoms with Crippen LogP contribution in [0.15, 0.2) is 36.5 Å². The van der Waals surface area contributed by atoms with Crippen LogP contribution in [0.4, 0.5) is 0 Å². The molecule has 0 spiro atoms. The summed E-state index contributed by atoms with van der Waals surface area (Å²) in [6.07, 6.45) is 2.05. The summed E-state index contributed by atoms with van der Waals surface area (Å²) in [7, 11) is 0. The van der Waals surface area contributed by atoms with E-state index in [0.29, 0.717) is 18.9 Å². The molecule has 122 valence electrons. The number of ether oxygens (including phenoxy) is 2. The minimum atomic E-state index is -0.320. The number of benzene rings is 1. The zero-order chi connectivity index (χ0) is 16.7. The second-order valence-corrected chi connectivity index (χ2v) is 4.99. The number of rotatable bonds is 7. The lowest BCUT2D eigenvalue weighted by Gasteiger charge is -2.08. The van der Waals surface area contributed by atoms with E-state index in [1.54, 1.807) is 13.8 Å². The predicted octanol–water partition coefficient (Wildman–Crippen LogP) is 2.89. The first-order valence-corrected chi connectivity index (χ1v) is 7.71. The summed E-state index contributed by atoms with van der Waals surface area (Å²) in [6, 6.07) is 9.72. The largest absolute Gasteiger partial charge is 0.466 e. The smallest absolute Gasteiger partial charge is 0.311 e. The summed E-state index contributed by atoms with van der Waals surface area (Å²) in [4.78, 5) is 26.8. The molecule has 0 aliphatic rings. The molecule has 0 bridgehead atoms. The monoisotopic (exact) mass is 315 g/mol. The number of hydrogen-bond acceptors (Lipinski definition) is 4. The van der Waals surface area contributed by atoms with E-state index in [2.05, 4.69) is 4.98 Å². The molecular weight excluding hydrogens is 294 g/mol. The molecule has 5 nitrogen and oxygen atoms in total. The van der Waals surface area contributed by atoms with Crippen molar-refractivity contribution in [2.45, 2.75) is 26.7 Å². The first-order valence-electron chi connectivity index (χ1n) is 7.71. The van der Waals surface area contributed by atoms with Gasteiger partial charge in [0.15, 0.2) is 0 Å². The Balaban J connectivity index is 2.33. The lowest BCUT2D eigenvalue weighted by atomic mass is 9.99. The second kappa shape index (κ2) is 8.17. The van der Waals surface area contributed by atoms with Crippen molar-refractivity contribution in [1.82, 2.24) is 4.98 Å². The van der Waals surface area contributed by atoms with E-state index < -0.39 is 0 Å². The summed E-state index contributed by atoms with van der Waals surface area (Å²) < 4.78 is 10.0. The number of aromatic nitrogens is 1. The standard InChI is InChI=1S/C18H21NO4/c1-3-22-17(20)10-14-15(13-8-6-5-7-9-13)12-19-16(14)11-18(21)23-4-2/h5-9,12,19H,3-4,10-11H2,1-2H3. The first kappa shape index (κ1) is 16.8.